The van der Waals surface area contributed by atoms with Crippen molar-refractivity contribution in [3.05, 3.63) is 23.5 Å². The van der Waals surface area contributed by atoms with Crippen LogP contribution >= 0.6 is 0 Å². The predicted octanol–water partition coefficient (Wildman–Crippen LogP) is 1.33. The van der Waals surface area contributed by atoms with Crippen molar-refractivity contribution in [1.29, 1.82) is 0 Å². The van der Waals surface area contributed by atoms with Crippen LogP contribution in [0.2, 0.25) is 0 Å². The van der Waals surface area contributed by atoms with Crippen molar-refractivity contribution in [2.24, 2.45) is 7.05 Å². The molecular weight excluding hydrogens is 202 g/mol. The summed E-state index contributed by atoms with van der Waals surface area (Å²) in [5, 5.41) is 4.09. The largest absolute Gasteiger partial charge is 0.383 e. The topological polar surface area (TPSA) is 69.6 Å². The highest BCUT2D eigenvalue weighted by Gasteiger charge is 2.11. The van der Waals surface area contributed by atoms with Crippen LogP contribution in [0.15, 0.2) is 12.3 Å². The lowest BCUT2D eigenvalue weighted by atomic mass is 10.1. The Labute approximate surface area is 94.3 Å². The van der Waals surface area contributed by atoms with Crippen LogP contribution in [-0.2, 0) is 13.5 Å². The molecule has 5 heteroatoms. The van der Waals surface area contributed by atoms with Crippen LogP contribution < -0.4 is 5.73 Å². The third-order valence-corrected chi connectivity index (χ3v) is 2.65. The maximum atomic E-state index is 5.91. The van der Waals surface area contributed by atoms with Gasteiger partial charge in [0.1, 0.15) is 11.5 Å². The molecule has 84 valence electrons. The number of hydrogen-bond donors (Lipinski definition) is 1. The van der Waals surface area contributed by atoms with Crippen LogP contribution in [0, 0.1) is 6.92 Å². The van der Waals surface area contributed by atoms with E-state index < -0.39 is 0 Å². The number of rotatable bonds is 2. The van der Waals surface area contributed by atoms with E-state index in [-0.39, 0.29) is 0 Å². The Morgan fingerprint density at radius 1 is 1.38 bits per heavy atom. The molecule has 0 unspecified atom stereocenters. The molecule has 2 aromatic heterocycles. The van der Waals surface area contributed by atoms with Crippen LogP contribution in [0.1, 0.15) is 18.2 Å². The van der Waals surface area contributed by atoms with Crippen molar-refractivity contribution in [2.75, 3.05) is 5.73 Å². The standard InChI is InChI=1S/C11H15N5/c1-4-8-7(2)14-11(15-10(8)12)9-5-6-13-16(9)3/h5-6H,4H2,1-3H3,(H2,12,14,15). The summed E-state index contributed by atoms with van der Waals surface area (Å²) in [7, 11) is 1.86. The highest BCUT2D eigenvalue weighted by molar-refractivity contribution is 5.54. The van der Waals surface area contributed by atoms with Crippen molar-refractivity contribution in [3.63, 3.8) is 0 Å². The van der Waals surface area contributed by atoms with E-state index in [0.717, 1.165) is 23.4 Å². The van der Waals surface area contributed by atoms with Crippen molar-refractivity contribution in [2.45, 2.75) is 20.3 Å². The second-order valence-electron chi connectivity index (χ2n) is 3.69. The van der Waals surface area contributed by atoms with E-state index in [9.17, 15) is 0 Å². The zero-order chi connectivity index (χ0) is 11.7. The first-order valence-corrected chi connectivity index (χ1v) is 5.24. The SMILES string of the molecule is CCc1c(C)nc(-c2ccnn2C)nc1N. The summed E-state index contributed by atoms with van der Waals surface area (Å²) in [6.45, 7) is 4.00. The maximum absolute atomic E-state index is 5.91. The number of hydrogen-bond acceptors (Lipinski definition) is 4. The maximum Gasteiger partial charge on any atom is 0.180 e. The fraction of sp³-hybridized carbons (Fsp3) is 0.364. The van der Waals surface area contributed by atoms with Gasteiger partial charge in [-0.25, -0.2) is 9.97 Å². The molecule has 2 rings (SSSR count). The minimum Gasteiger partial charge on any atom is -0.383 e. The Bertz CT molecular complexity index is 492. The monoisotopic (exact) mass is 217 g/mol. The van der Waals surface area contributed by atoms with E-state index in [4.69, 9.17) is 5.73 Å². The lowest BCUT2D eigenvalue weighted by Gasteiger charge is -2.08. The van der Waals surface area contributed by atoms with Gasteiger partial charge in [0, 0.05) is 24.5 Å². The first kappa shape index (κ1) is 10.6. The Morgan fingerprint density at radius 3 is 2.62 bits per heavy atom. The summed E-state index contributed by atoms with van der Waals surface area (Å²) < 4.78 is 1.74. The van der Waals surface area contributed by atoms with Crippen molar-refractivity contribution in [3.8, 4) is 11.5 Å². The molecule has 2 heterocycles. The Morgan fingerprint density at radius 2 is 2.12 bits per heavy atom. The molecule has 0 saturated heterocycles. The summed E-state index contributed by atoms with van der Waals surface area (Å²) >= 11 is 0. The average molecular weight is 217 g/mol. The second kappa shape index (κ2) is 3.92. The lowest BCUT2D eigenvalue weighted by Crippen LogP contribution is -2.06. The molecule has 0 atom stereocenters. The third-order valence-electron chi connectivity index (χ3n) is 2.65. The molecular formula is C11H15N5. The molecule has 0 aliphatic carbocycles. The number of anilines is 1. The molecule has 0 fully saturated rings. The van der Waals surface area contributed by atoms with Crippen molar-refractivity contribution < 1.29 is 0 Å². The van der Waals surface area contributed by atoms with Crippen molar-refractivity contribution >= 4 is 5.82 Å². The summed E-state index contributed by atoms with van der Waals surface area (Å²) in [5.41, 5.74) is 8.74. The molecule has 0 radical (unpaired) electrons. The minimum atomic E-state index is 0.561. The van der Waals surface area contributed by atoms with Gasteiger partial charge >= 0.3 is 0 Å². The van der Waals surface area contributed by atoms with Gasteiger partial charge in [-0.15, -0.1) is 0 Å². The van der Waals surface area contributed by atoms with E-state index in [2.05, 4.69) is 15.1 Å². The first-order chi connectivity index (χ1) is 7.63. The zero-order valence-corrected chi connectivity index (χ0v) is 9.73. The second-order valence-corrected chi connectivity index (χ2v) is 3.69. The molecule has 0 aliphatic rings. The van der Waals surface area contributed by atoms with Crippen LogP contribution in [0.25, 0.3) is 11.5 Å². The Hall–Kier alpha value is -1.91. The normalized spacial score (nSPS) is 10.7. The van der Waals surface area contributed by atoms with Crippen LogP contribution in [0.3, 0.4) is 0 Å². The number of nitrogens with two attached hydrogens (primary N) is 1. The molecule has 0 amide bonds. The van der Waals surface area contributed by atoms with E-state index in [1.807, 2.05) is 27.0 Å². The van der Waals surface area contributed by atoms with E-state index >= 15 is 0 Å². The smallest absolute Gasteiger partial charge is 0.180 e. The quantitative estimate of drug-likeness (QED) is 0.823. The van der Waals surface area contributed by atoms with E-state index in [1.165, 1.54) is 0 Å². The molecule has 0 saturated carbocycles. The molecule has 0 bridgehead atoms. The molecule has 0 aliphatic heterocycles. The molecule has 2 aromatic rings. The lowest BCUT2D eigenvalue weighted by molar-refractivity contribution is 0.769. The third kappa shape index (κ3) is 1.64. The summed E-state index contributed by atoms with van der Waals surface area (Å²) in [5.74, 6) is 1.19. The number of aromatic nitrogens is 4. The fourth-order valence-electron chi connectivity index (χ4n) is 1.76. The van der Waals surface area contributed by atoms with Gasteiger partial charge in [-0.3, -0.25) is 4.68 Å². The summed E-state index contributed by atoms with van der Waals surface area (Å²) in [4.78, 5) is 8.77. The summed E-state index contributed by atoms with van der Waals surface area (Å²) in [6.07, 6.45) is 2.57. The van der Waals surface area contributed by atoms with Gasteiger partial charge in [0.2, 0.25) is 0 Å². The van der Waals surface area contributed by atoms with Gasteiger partial charge in [-0.2, -0.15) is 5.10 Å². The van der Waals surface area contributed by atoms with Crippen LogP contribution in [-0.4, -0.2) is 19.7 Å². The minimum absolute atomic E-state index is 0.561. The highest BCUT2D eigenvalue weighted by atomic mass is 15.3. The Kier molecular flexibility index (Phi) is 2.60. The van der Waals surface area contributed by atoms with E-state index in [1.54, 1.807) is 10.9 Å². The zero-order valence-electron chi connectivity index (χ0n) is 9.73. The predicted molar refractivity (Wildman–Crippen MR) is 62.8 cm³/mol. The fourth-order valence-corrected chi connectivity index (χ4v) is 1.76. The average Bonchev–Trinajstić information content (AvgIpc) is 2.64. The van der Waals surface area contributed by atoms with Gasteiger partial charge in [0.25, 0.3) is 0 Å². The molecule has 2 N–H and O–H groups in total. The van der Waals surface area contributed by atoms with Gasteiger partial charge < -0.3 is 5.73 Å². The number of nitrogens with zero attached hydrogens (tertiary/aromatic N) is 4. The van der Waals surface area contributed by atoms with Crippen molar-refractivity contribution in [1.82, 2.24) is 19.7 Å². The molecule has 0 spiro atoms. The first-order valence-electron chi connectivity index (χ1n) is 5.24. The van der Waals surface area contributed by atoms with E-state index in [0.29, 0.717) is 11.6 Å². The van der Waals surface area contributed by atoms with Gasteiger partial charge in [0.15, 0.2) is 5.82 Å². The van der Waals surface area contributed by atoms with Crippen LogP contribution in [0.4, 0.5) is 5.82 Å². The molecule has 0 aromatic carbocycles. The Balaban J connectivity index is 2.57. The van der Waals surface area contributed by atoms with Gasteiger partial charge in [-0.05, 0) is 19.4 Å². The molecule has 16 heavy (non-hydrogen) atoms. The van der Waals surface area contributed by atoms with Gasteiger partial charge in [-0.1, -0.05) is 6.92 Å². The van der Waals surface area contributed by atoms with Crippen LogP contribution in [0.5, 0.6) is 0 Å². The highest BCUT2D eigenvalue weighted by Crippen LogP contribution is 2.19. The number of aryl methyl sites for hydroxylation is 2. The van der Waals surface area contributed by atoms with Gasteiger partial charge in [0.05, 0.1) is 0 Å². The molecule has 5 nitrogen and oxygen atoms in total. The summed E-state index contributed by atoms with van der Waals surface area (Å²) in [6, 6.07) is 1.87. The number of nitrogen functional groups attached to an aromatic ring is 1.